The lowest BCUT2D eigenvalue weighted by molar-refractivity contribution is 0.0654. The maximum absolute atomic E-state index is 10.4. The number of aryl methyl sites for hydroxylation is 1. The largest absolute Gasteiger partial charge is 0.481 e. The highest BCUT2D eigenvalue weighted by Gasteiger charge is 2.25. The third kappa shape index (κ3) is 9.61. The molecular formula is C43H53Cl2N3O6. The smallest absolute Gasteiger partial charge is 0.236 e. The van der Waals surface area contributed by atoms with Crippen LogP contribution in [0.1, 0.15) is 91.2 Å². The topological polar surface area (TPSA) is 115 Å². The normalized spacial score (nSPS) is 20.1. The van der Waals surface area contributed by atoms with Gasteiger partial charge in [-0.1, -0.05) is 85.3 Å². The van der Waals surface area contributed by atoms with Crippen molar-refractivity contribution in [3.63, 3.8) is 0 Å². The van der Waals surface area contributed by atoms with Gasteiger partial charge in [0.1, 0.15) is 23.3 Å². The first-order chi connectivity index (χ1) is 26.2. The Morgan fingerprint density at radius 1 is 0.667 bits per heavy atom. The summed E-state index contributed by atoms with van der Waals surface area (Å²) < 4.78 is 23.6. The standard InChI is InChI=1S/C43H53Cl2N3O6/c1-26-30(24-53-42-35(44)21-29(40(47-42)51-3)20-19-28-11-5-7-17-38(28)49)12-9-14-33(26)34-15-10-13-31(27(34)2)25-54-43-36(45)22-32(41(48-43)52-4)23-46-37-16-6-8-18-39(37)50/h9-10,12-15,21-22,28,37-39,46,49-50H,5-8,11,16-20,23-25H2,1-4H3/t28-,37+,38-,39-/m0/s1. The van der Waals surface area contributed by atoms with Crippen LogP contribution in [-0.2, 0) is 26.2 Å². The third-order valence-corrected chi connectivity index (χ3v) is 11.7. The quantitative estimate of drug-likeness (QED) is 0.109. The summed E-state index contributed by atoms with van der Waals surface area (Å²) in [6.07, 6.45) is 9.09. The van der Waals surface area contributed by atoms with E-state index in [0.29, 0.717) is 46.0 Å². The number of ether oxygens (including phenoxy) is 4. The van der Waals surface area contributed by atoms with Crippen LogP contribution >= 0.6 is 23.2 Å². The zero-order valence-electron chi connectivity index (χ0n) is 31.8. The molecule has 2 heterocycles. The first kappa shape index (κ1) is 40.1. The van der Waals surface area contributed by atoms with Gasteiger partial charge < -0.3 is 34.5 Å². The van der Waals surface area contributed by atoms with Gasteiger partial charge in [0, 0.05) is 23.7 Å². The summed E-state index contributed by atoms with van der Waals surface area (Å²) in [5.74, 6) is 1.85. The van der Waals surface area contributed by atoms with Crippen LogP contribution in [0.25, 0.3) is 11.1 Å². The fourth-order valence-electron chi connectivity index (χ4n) is 7.86. The number of benzene rings is 2. The van der Waals surface area contributed by atoms with Gasteiger partial charge in [0.2, 0.25) is 23.5 Å². The van der Waals surface area contributed by atoms with Crippen LogP contribution in [0, 0.1) is 19.8 Å². The zero-order chi connectivity index (χ0) is 38.2. The average Bonchev–Trinajstić information content (AvgIpc) is 3.17. The number of aliphatic hydroxyl groups excluding tert-OH is 2. The minimum atomic E-state index is -0.350. The Morgan fingerprint density at radius 2 is 1.19 bits per heavy atom. The molecule has 290 valence electrons. The van der Waals surface area contributed by atoms with E-state index in [2.05, 4.69) is 41.3 Å². The fraction of sp³-hybridized carbons (Fsp3) is 0.488. The highest BCUT2D eigenvalue weighted by molar-refractivity contribution is 6.32. The Hall–Kier alpha value is -3.60. The van der Waals surface area contributed by atoms with Gasteiger partial charge in [0.15, 0.2) is 0 Å². The van der Waals surface area contributed by atoms with E-state index in [1.807, 2.05) is 36.4 Å². The van der Waals surface area contributed by atoms with E-state index in [-0.39, 0.29) is 31.5 Å². The minimum Gasteiger partial charge on any atom is -0.481 e. The first-order valence-electron chi connectivity index (χ1n) is 19.2. The number of hydrogen-bond donors (Lipinski definition) is 3. The van der Waals surface area contributed by atoms with Crippen molar-refractivity contribution < 1.29 is 29.2 Å². The summed E-state index contributed by atoms with van der Waals surface area (Å²) in [6, 6.07) is 16.1. The Labute approximate surface area is 329 Å². The molecule has 6 rings (SSSR count). The maximum Gasteiger partial charge on any atom is 0.236 e. The van der Waals surface area contributed by atoms with Crippen molar-refractivity contribution >= 4 is 23.2 Å². The molecule has 2 aromatic carbocycles. The molecule has 9 nitrogen and oxygen atoms in total. The van der Waals surface area contributed by atoms with E-state index < -0.39 is 0 Å². The van der Waals surface area contributed by atoms with Crippen molar-refractivity contribution in [3.8, 4) is 34.6 Å². The molecule has 0 amide bonds. The number of methoxy groups -OCH3 is 2. The molecule has 0 unspecified atom stereocenters. The van der Waals surface area contributed by atoms with Crippen molar-refractivity contribution in [2.75, 3.05) is 14.2 Å². The van der Waals surface area contributed by atoms with Crippen molar-refractivity contribution in [2.24, 2.45) is 5.92 Å². The van der Waals surface area contributed by atoms with Gasteiger partial charge in [0.25, 0.3) is 0 Å². The Balaban J connectivity index is 1.12. The summed E-state index contributed by atoms with van der Waals surface area (Å²) in [5.41, 5.74) is 8.09. The third-order valence-electron chi connectivity index (χ3n) is 11.2. The van der Waals surface area contributed by atoms with Crippen LogP contribution in [-0.4, -0.2) is 52.7 Å². The first-order valence-corrected chi connectivity index (χ1v) is 19.9. The molecule has 3 N–H and O–H groups in total. The molecule has 2 aromatic heterocycles. The summed E-state index contributed by atoms with van der Waals surface area (Å²) in [6.45, 7) is 5.22. The predicted molar refractivity (Wildman–Crippen MR) is 213 cm³/mol. The maximum atomic E-state index is 10.4. The van der Waals surface area contributed by atoms with Crippen molar-refractivity contribution in [2.45, 2.75) is 116 Å². The Kier molecular flexibility index (Phi) is 14.0. The molecule has 2 aliphatic rings. The van der Waals surface area contributed by atoms with E-state index in [0.717, 1.165) is 109 Å². The average molecular weight is 779 g/mol. The van der Waals surface area contributed by atoms with E-state index >= 15 is 0 Å². The molecule has 0 aliphatic heterocycles. The van der Waals surface area contributed by atoms with Gasteiger partial charge in [-0.25, -0.2) is 0 Å². The Bertz CT molecular complexity index is 1760. The van der Waals surface area contributed by atoms with Crippen LogP contribution in [0.5, 0.6) is 23.5 Å². The number of aliphatic hydroxyl groups is 2. The van der Waals surface area contributed by atoms with E-state index in [1.165, 1.54) is 0 Å². The number of aromatic nitrogens is 2. The monoisotopic (exact) mass is 777 g/mol. The van der Waals surface area contributed by atoms with Crippen LogP contribution in [0.3, 0.4) is 0 Å². The second kappa shape index (κ2) is 18.8. The van der Waals surface area contributed by atoms with Crippen LogP contribution in [0.15, 0.2) is 48.5 Å². The fourth-order valence-corrected chi connectivity index (χ4v) is 8.32. The van der Waals surface area contributed by atoms with Crippen LogP contribution < -0.4 is 24.3 Å². The van der Waals surface area contributed by atoms with Crippen molar-refractivity contribution in [1.29, 1.82) is 0 Å². The number of pyridine rings is 2. The zero-order valence-corrected chi connectivity index (χ0v) is 33.3. The molecule has 2 aliphatic carbocycles. The van der Waals surface area contributed by atoms with Crippen molar-refractivity contribution in [1.82, 2.24) is 15.3 Å². The Morgan fingerprint density at radius 3 is 1.74 bits per heavy atom. The van der Waals surface area contributed by atoms with Gasteiger partial charge in [-0.2, -0.15) is 9.97 Å². The van der Waals surface area contributed by atoms with E-state index in [4.69, 9.17) is 42.1 Å². The highest BCUT2D eigenvalue weighted by Crippen LogP contribution is 2.36. The van der Waals surface area contributed by atoms with E-state index in [9.17, 15) is 10.2 Å². The SMILES string of the molecule is COc1nc(OCc2cccc(-c3cccc(COc4nc(OC)c(CN[C@@H]5CCCC[C@@H]5O)cc4Cl)c3C)c2C)c(Cl)cc1CC[C@@H]1CCCC[C@@H]1O. The molecule has 2 saturated carbocycles. The van der Waals surface area contributed by atoms with Gasteiger partial charge >= 0.3 is 0 Å². The lowest BCUT2D eigenvalue weighted by Crippen LogP contribution is -2.41. The summed E-state index contributed by atoms with van der Waals surface area (Å²) in [4.78, 5) is 9.23. The molecular weight excluding hydrogens is 725 g/mol. The van der Waals surface area contributed by atoms with Gasteiger partial charge in [-0.3, -0.25) is 0 Å². The lowest BCUT2D eigenvalue weighted by Gasteiger charge is -2.28. The molecule has 0 radical (unpaired) electrons. The molecule has 4 atom stereocenters. The molecule has 4 aromatic rings. The number of rotatable bonds is 15. The lowest BCUT2D eigenvalue weighted by atomic mass is 9.83. The van der Waals surface area contributed by atoms with Crippen LogP contribution in [0.2, 0.25) is 10.0 Å². The van der Waals surface area contributed by atoms with Crippen LogP contribution in [0.4, 0.5) is 0 Å². The molecule has 0 spiro atoms. The summed E-state index contributed by atoms with van der Waals surface area (Å²) >= 11 is 13.4. The molecule has 11 heteroatoms. The summed E-state index contributed by atoms with van der Waals surface area (Å²) in [7, 11) is 3.19. The molecule has 2 fully saturated rings. The number of nitrogens with zero attached hydrogens (tertiary/aromatic N) is 2. The van der Waals surface area contributed by atoms with E-state index in [1.54, 1.807) is 14.2 Å². The second-order valence-corrected chi connectivity index (χ2v) is 15.4. The number of nitrogens with one attached hydrogen (secondary N) is 1. The van der Waals surface area contributed by atoms with Gasteiger partial charge in [0.05, 0.1) is 26.4 Å². The molecule has 0 saturated heterocycles. The minimum absolute atomic E-state index is 0.0420. The van der Waals surface area contributed by atoms with Gasteiger partial charge in [-0.15, -0.1) is 0 Å². The van der Waals surface area contributed by atoms with Gasteiger partial charge in [-0.05, 0) is 104 Å². The molecule has 0 bridgehead atoms. The van der Waals surface area contributed by atoms with Crippen molar-refractivity contribution in [3.05, 3.63) is 92.0 Å². The molecule has 54 heavy (non-hydrogen) atoms. The highest BCUT2D eigenvalue weighted by atomic mass is 35.5. The number of hydrogen-bond acceptors (Lipinski definition) is 9. The number of halogens is 2. The predicted octanol–water partition coefficient (Wildman–Crippen LogP) is 9.12. The second-order valence-electron chi connectivity index (χ2n) is 14.6. The summed E-state index contributed by atoms with van der Waals surface area (Å²) in [5, 5.41) is 25.1.